The first kappa shape index (κ1) is 32.6. The summed E-state index contributed by atoms with van der Waals surface area (Å²) in [5, 5.41) is 4.28. The number of thiophene rings is 1. The summed E-state index contributed by atoms with van der Waals surface area (Å²) in [6.45, 7) is 0. The molecule has 4 aromatic heterocycles. The molecule has 6 heterocycles. The highest BCUT2D eigenvalue weighted by Crippen LogP contribution is 2.39. The van der Waals surface area contributed by atoms with E-state index in [4.69, 9.17) is 9.97 Å². The maximum Gasteiger partial charge on any atom is 0.0737 e. The Morgan fingerprint density at radius 2 is 0.855 bits per heavy atom. The molecule has 10 rings (SSSR count). The molecule has 4 aromatic carbocycles. The molecule has 2 N–H and O–H groups in total. The van der Waals surface area contributed by atoms with Crippen LogP contribution in [0.15, 0.2) is 156 Å². The second-order valence-electron chi connectivity index (χ2n) is 13.6. The average molecular weight is 723 g/mol. The van der Waals surface area contributed by atoms with E-state index in [-0.39, 0.29) is 0 Å². The smallest absolute Gasteiger partial charge is 0.0737 e. The number of fused-ring (bicyclic) bond motifs is 8. The lowest BCUT2D eigenvalue weighted by Gasteiger charge is -2.07. The minimum Gasteiger partial charge on any atom is -0.354 e. The van der Waals surface area contributed by atoms with Crippen LogP contribution >= 0.6 is 11.3 Å². The Hall–Kier alpha value is -7.08. The molecular weight excluding hydrogens is 689 g/mol. The van der Waals surface area contributed by atoms with Crippen LogP contribution in [0.4, 0.5) is 0 Å². The zero-order valence-corrected chi connectivity index (χ0v) is 30.6. The predicted octanol–water partition coefficient (Wildman–Crippen LogP) is 13.6. The molecule has 2 aliphatic heterocycles. The molecule has 0 amide bonds. The van der Waals surface area contributed by atoms with Gasteiger partial charge in [0.1, 0.15) is 0 Å². The lowest BCUT2D eigenvalue weighted by Crippen LogP contribution is -1.89. The van der Waals surface area contributed by atoms with Crippen molar-refractivity contribution in [3.63, 3.8) is 0 Å². The maximum atomic E-state index is 5.48. The fourth-order valence-corrected chi connectivity index (χ4v) is 8.26. The molecule has 5 heteroatoms. The van der Waals surface area contributed by atoms with Gasteiger partial charge in [-0.15, -0.1) is 0 Å². The van der Waals surface area contributed by atoms with Gasteiger partial charge in [0.05, 0.1) is 28.3 Å². The zero-order valence-electron chi connectivity index (χ0n) is 29.8. The largest absolute Gasteiger partial charge is 0.354 e. The molecule has 0 aliphatic carbocycles. The second kappa shape index (κ2) is 14.0. The summed E-state index contributed by atoms with van der Waals surface area (Å²) < 4.78 is 0. The molecule has 2 aliphatic rings. The van der Waals surface area contributed by atoms with Gasteiger partial charge in [0.25, 0.3) is 0 Å². The van der Waals surface area contributed by atoms with E-state index in [0.717, 1.165) is 100 Å². The predicted molar refractivity (Wildman–Crippen MR) is 234 cm³/mol. The summed E-state index contributed by atoms with van der Waals surface area (Å²) >= 11 is 1.70. The highest BCUT2D eigenvalue weighted by Gasteiger charge is 2.20. The van der Waals surface area contributed by atoms with Crippen molar-refractivity contribution in [1.82, 2.24) is 19.9 Å². The number of aromatic amines is 2. The molecular formula is C50H34N4S. The Kier molecular flexibility index (Phi) is 8.32. The summed E-state index contributed by atoms with van der Waals surface area (Å²) in [5.74, 6) is 0. The van der Waals surface area contributed by atoms with Crippen LogP contribution in [0.3, 0.4) is 0 Å². The van der Waals surface area contributed by atoms with E-state index in [9.17, 15) is 0 Å². The molecule has 0 spiro atoms. The third-order valence-corrected chi connectivity index (χ3v) is 10.8. The highest BCUT2D eigenvalue weighted by atomic mass is 32.1. The Morgan fingerprint density at radius 3 is 1.31 bits per heavy atom. The minimum absolute atomic E-state index is 0.888. The number of hydrogen-bond donors (Lipinski definition) is 2. The van der Waals surface area contributed by atoms with E-state index < -0.39 is 0 Å². The molecule has 8 bridgehead atoms. The van der Waals surface area contributed by atoms with Crippen molar-refractivity contribution in [2.45, 2.75) is 0 Å². The highest BCUT2D eigenvalue weighted by molar-refractivity contribution is 7.08. The molecule has 0 unspecified atom stereocenters. The van der Waals surface area contributed by atoms with Crippen LogP contribution < -0.4 is 0 Å². The third kappa shape index (κ3) is 6.17. The van der Waals surface area contributed by atoms with Crippen molar-refractivity contribution in [1.29, 1.82) is 0 Å². The summed E-state index contributed by atoms with van der Waals surface area (Å²) in [4.78, 5) is 18.7. The Morgan fingerprint density at radius 1 is 0.418 bits per heavy atom. The van der Waals surface area contributed by atoms with Gasteiger partial charge in [0.15, 0.2) is 0 Å². The van der Waals surface area contributed by atoms with E-state index in [1.165, 1.54) is 0 Å². The summed E-state index contributed by atoms with van der Waals surface area (Å²) in [5.41, 5.74) is 18.2. The minimum atomic E-state index is 0.888. The summed E-state index contributed by atoms with van der Waals surface area (Å²) in [6.07, 6.45) is 13.0. The van der Waals surface area contributed by atoms with Crippen LogP contribution in [-0.2, 0) is 0 Å². The van der Waals surface area contributed by atoms with E-state index in [1.807, 2.05) is 0 Å². The molecule has 0 saturated carbocycles. The van der Waals surface area contributed by atoms with Gasteiger partial charge in [-0.3, -0.25) is 0 Å². The van der Waals surface area contributed by atoms with Crippen molar-refractivity contribution in [3.05, 3.63) is 190 Å². The van der Waals surface area contributed by atoms with Gasteiger partial charge < -0.3 is 9.97 Å². The molecule has 55 heavy (non-hydrogen) atoms. The van der Waals surface area contributed by atoms with Crippen molar-refractivity contribution in [3.8, 4) is 44.5 Å². The second-order valence-corrected chi connectivity index (χ2v) is 14.4. The third-order valence-electron chi connectivity index (χ3n) is 10.1. The van der Waals surface area contributed by atoms with Gasteiger partial charge in [0.2, 0.25) is 0 Å². The first-order chi connectivity index (χ1) is 27.3. The number of H-pyrrole nitrogens is 2. The summed E-state index contributed by atoms with van der Waals surface area (Å²) in [7, 11) is 0. The lowest BCUT2D eigenvalue weighted by atomic mass is 10.0. The molecule has 8 aromatic rings. The molecule has 0 atom stereocenters. The van der Waals surface area contributed by atoms with Crippen LogP contribution in [0.25, 0.3) is 103 Å². The van der Waals surface area contributed by atoms with Gasteiger partial charge in [-0.05, 0) is 87.1 Å². The van der Waals surface area contributed by atoms with Crippen molar-refractivity contribution in [2.75, 3.05) is 0 Å². The maximum absolute atomic E-state index is 5.48. The monoisotopic (exact) mass is 722 g/mol. The van der Waals surface area contributed by atoms with E-state index in [1.54, 1.807) is 11.3 Å². The van der Waals surface area contributed by atoms with Gasteiger partial charge in [-0.1, -0.05) is 133 Å². The normalized spacial score (nSPS) is 12.1. The quantitative estimate of drug-likeness (QED) is 0.180. The zero-order chi connectivity index (χ0) is 36.6. The molecule has 260 valence electrons. The van der Waals surface area contributed by atoms with E-state index in [2.05, 4.69) is 203 Å². The Labute approximate surface area is 323 Å². The fraction of sp³-hybridized carbons (Fsp3) is 0. The van der Waals surface area contributed by atoms with Crippen LogP contribution in [-0.4, -0.2) is 19.9 Å². The number of benzene rings is 4. The van der Waals surface area contributed by atoms with Gasteiger partial charge in [-0.2, -0.15) is 11.3 Å². The number of nitrogens with one attached hydrogen (secondary N) is 2. The fourth-order valence-electron chi connectivity index (χ4n) is 7.63. The van der Waals surface area contributed by atoms with Crippen molar-refractivity contribution >= 4 is 69.9 Å². The number of aromatic nitrogens is 4. The first-order valence-electron chi connectivity index (χ1n) is 18.4. The van der Waals surface area contributed by atoms with Crippen molar-refractivity contribution in [2.24, 2.45) is 0 Å². The van der Waals surface area contributed by atoms with Gasteiger partial charge in [-0.25, -0.2) is 9.97 Å². The number of rotatable bonds is 6. The Bertz CT molecular complexity index is 2930. The van der Waals surface area contributed by atoms with Crippen LogP contribution in [0.2, 0.25) is 0 Å². The topological polar surface area (TPSA) is 57.4 Å². The van der Waals surface area contributed by atoms with Crippen LogP contribution in [0.1, 0.15) is 33.9 Å². The van der Waals surface area contributed by atoms with Crippen molar-refractivity contribution < 1.29 is 0 Å². The molecule has 0 fully saturated rings. The van der Waals surface area contributed by atoms with E-state index >= 15 is 0 Å². The average Bonchev–Trinajstić information content (AvgIpc) is 4.10. The van der Waals surface area contributed by atoms with Gasteiger partial charge >= 0.3 is 0 Å². The molecule has 0 saturated heterocycles. The SMILES string of the molecule is C1=Cc2nc1c(-c1ccccc1)c1ccc([nH]1)c(-c1ccccc1)c1nc(c(-c3ccccc3)c3[nH]c(cc3/C=C/c3ccsc3)c2-c2ccccc2)C=C1. The number of hydrogen-bond acceptors (Lipinski definition) is 3. The standard InChI is InChI=1S/C50H34N4S/c1-5-13-34(14-6-1)46-39-23-24-40(51-39)47(35-15-7-2-8-16-35)42-27-28-44(53-42)49(37-19-11-4-12-20-37)50-38(22-21-33-29-30-55-32-33)31-45(54-50)48(36-17-9-3-10-18-36)43-26-25-41(46)52-43/h1-32,51,54H/b22-21+,46-39?,46-41?,47-40?,47-42?,48-43?,48-45?,49-44?,50-49?. The number of nitrogens with zero attached hydrogens (tertiary/aromatic N) is 2. The summed E-state index contributed by atoms with van der Waals surface area (Å²) in [6, 6.07) is 51.0. The first-order valence-corrected chi connectivity index (χ1v) is 19.3. The van der Waals surface area contributed by atoms with Crippen LogP contribution in [0, 0.1) is 0 Å². The van der Waals surface area contributed by atoms with E-state index in [0.29, 0.717) is 0 Å². The van der Waals surface area contributed by atoms with Gasteiger partial charge in [0, 0.05) is 44.4 Å². The Balaban J connectivity index is 1.42. The lowest BCUT2D eigenvalue weighted by molar-refractivity contribution is 1.31. The molecule has 0 radical (unpaired) electrons. The van der Waals surface area contributed by atoms with Crippen LogP contribution in [0.5, 0.6) is 0 Å². The molecule has 4 nitrogen and oxygen atoms in total.